The number of hydrogen-bond donors (Lipinski definition) is 0. The van der Waals surface area contributed by atoms with E-state index in [1.165, 1.54) is 0 Å². The first-order valence-corrected chi connectivity index (χ1v) is 3.82. The summed E-state index contributed by atoms with van der Waals surface area (Å²) in [5.41, 5.74) is -0.179. The van der Waals surface area contributed by atoms with Gasteiger partial charge in [0.1, 0.15) is 5.78 Å². The maximum absolute atomic E-state index is 11.0. The molecule has 1 aliphatic rings. The number of ketones is 1. The minimum Gasteiger partial charge on any atom is -0.299 e. The molecule has 0 radical (unpaired) electrons. The van der Waals surface area contributed by atoms with E-state index in [9.17, 15) is 4.79 Å². The summed E-state index contributed by atoms with van der Waals surface area (Å²) >= 11 is 5.62. The van der Waals surface area contributed by atoms with Gasteiger partial charge in [-0.1, -0.05) is 6.92 Å². The Bertz CT molecular complexity index is 133. The Morgan fingerprint density at radius 1 is 1.78 bits per heavy atom. The monoisotopic (exact) mass is 146 g/mol. The lowest BCUT2D eigenvalue weighted by Crippen LogP contribution is -2.22. The zero-order valence-electron chi connectivity index (χ0n) is 5.61. The normalized spacial score (nSPS) is 35.6. The highest BCUT2D eigenvalue weighted by molar-refractivity contribution is 6.20. The Hall–Kier alpha value is -0.0400. The van der Waals surface area contributed by atoms with Gasteiger partial charge < -0.3 is 0 Å². The van der Waals surface area contributed by atoms with Crippen LogP contribution in [0.15, 0.2) is 0 Å². The van der Waals surface area contributed by atoms with Crippen molar-refractivity contribution in [3.63, 3.8) is 0 Å². The van der Waals surface area contributed by atoms with Gasteiger partial charge >= 0.3 is 0 Å². The average Bonchev–Trinajstić information content (AvgIpc) is 2.15. The Kier molecular flexibility index (Phi) is 1.80. The van der Waals surface area contributed by atoms with Gasteiger partial charge in [0, 0.05) is 17.7 Å². The van der Waals surface area contributed by atoms with E-state index in [2.05, 4.69) is 0 Å². The van der Waals surface area contributed by atoms with Gasteiger partial charge in [0.2, 0.25) is 0 Å². The predicted molar refractivity (Wildman–Crippen MR) is 37.7 cm³/mol. The lowest BCUT2D eigenvalue weighted by atomic mass is 9.91. The number of rotatable bonds is 1. The molecule has 1 rings (SSSR count). The van der Waals surface area contributed by atoms with Gasteiger partial charge in [-0.15, -0.1) is 11.6 Å². The molecule has 0 saturated heterocycles. The predicted octanol–water partition coefficient (Wildman–Crippen LogP) is 1.98. The Labute approximate surface area is 60.4 Å². The van der Waals surface area contributed by atoms with Gasteiger partial charge in [-0.3, -0.25) is 4.79 Å². The van der Waals surface area contributed by atoms with Crippen LogP contribution < -0.4 is 0 Å². The Morgan fingerprint density at radius 2 is 2.44 bits per heavy atom. The van der Waals surface area contributed by atoms with Crippen molar-refractivity contribution in [1.29, 1.82) is 0 Å². The van der Waals surface area contributed by atoms with Crippen LogP contribution in [0.2, 0.25) is 0 Å². The fourth-order valence-electron chi connectivity index (χ4n) is 1.22. The molecule has 52 valence electrons. The first-order chi connectivity index (χ1) is 4.19. The number of halogens is 1. The summed E-state index contributed by atoms with van der Waals surface area (Å²) < 4.78 is 0. The van der Waals surface area contributed by atoms with Crippen molar-refractivity contribution in [2.45, 2.75) is 26.2 Å². The Balaban J connectivity index is 2.67. The van der Waals surface area contributed by atoms with Crippen molar-refractivity contribution in [2.24, 2.45) is 5.41 Å². The van der Waals surface area contributed by atoms with E-state index < -0.39 is 0 Å². The van der Waals surface area contributed by atoms with Crippen LogP contribution in [0.1, 0.15) is 26.2 Å². The molecule has 0 heterocycles. The second kappa shape index (κ2) is 2.30. The quantitative estimate of drug-likeness (QED) is 0.517. The second-order valence-corrected chi connectivity index (χ2v) is 3.24. The molecular weight excluding hydrogens is 136 g/mol. The van der Waals surface area contributed by atoms with Crippen LogP contribution in [-0.2, 0) is 4.79 Å². The van der Waals surface area contributed by atoms with Gasteiger partial charge in [0.15, 0.2) is 0 Å². The van der Waals surface area contributed by atoms with Gasteiger partial charge in [-0.05, 0) is 12.8 Å². The number of hydrogen-bond acceptors (Lipinski definition) is 1. The molecule has 1 fully saturated rings. The molecule has 2 heteroatoms. The van der Waals surface area contributed by atoms with Crippen molar-refractivity contribution >= 4 is 17.4 Å². The van der Waals surface area contributed by atoms with Crippen LogP contribution >= 0.6 is 11.6 Å². The highest BCUT2D eigenvalue weighted by Crippen LogP contribution is 2.34. The van der Waals surface area contributed by atoms with Crippen LogP contribution in [0.4, 0.5) is 0 Å². The van der Waals surface area contributed by atoms with Gasteiger partial charge in [0.25, 0.3) is 0 Å². The highest BCUT2D eigenvalue weighted by atomic mass is 35.5. The van der Waals surface area contributed by atoms with Crippen LogP contribution in [0, 0.1) is 5.41 Å². The minimum atomic E-state index is -0.179. The topological polar surface area (TPSA) is 17.1 Å². The maximum Gasteiger partial charge on any atom is 0.139 e. The molecule has 0 spiro atoms. The molecule has 1 aliphatic carbocycles. The fourth-order valence-corrected chi connectivity index (χ4v) is 1.50. The fraction of sp³-hybridized carbons (Fsp3) is 0.857. The molecule has 0 unspecified atom stereocenters. The van der Waals surface area contributed by atoms with E-state index >= 15 is 0 Å². The minimum absolute atomic E-state index is 0.179. The van der Waals surface area contributed by atoms with Crippen molar-refractivity contribution in [2.75, 3.05) is 5.88 Å². The summed E-state index contributed by atoms with van der Waals surface area (Å²) in [6.45, 7) is 1.95. The van der Waals surface area contributed by atoms with Crippen molar-refractivity contribution in [3.05, 3.63) is 0 Å². The van der Waals surface area contributed by atoms with Crippen LogP contribution in [-0.4, -0.2) is 11.7 Å². The molecular formula is C7H11ClO. The van der Waals surface area contributed by atoms with Crippen LogP contribution in [0.3, 0.4) is 0 Å². The zero-order valence-corrected chi connectivity index (χ0v) is 6.37. The Morgan fingerprint density at radius 3 is 2.67 bits per heavy atom. The summed E-state index contributed by atoms with van der Waals surface area (Å²) in [5, 5.41) is 0. The standard InChI is InChI=1S/C7H11ClO/c1-7(5-8)4-2-3-6(7)9/h2-5H2,1H3/t7-/m1/s1. The molecule has 0 bridgehead atoms. The van der Waals surface area contributed by atoms with E-state index in [0.717, 1.165) is 19.3 Å². The average molecular weight is 147 g/mol. The van der Waals surface area contributed by atoms with Gasteiger partial charge in [-0.2, -0.15) is 0 Å². The third-order valence-corrected chi connectivity index (χ3v) is 2.69. The SMILES string of the molecule is C[C@]1(CCl)CCCC1=O. The lowest BCUT2D eigenvalue weighted by molar-refractivity contribution is -0.124. The van der Waals surface area contributed by atoms with Crippen molar-refractivity contribution in [1.82, 2.24) is 0 Å². The van der Waals surface area contributed by atoms with E-state index in [0.29, 0.717) is 11.7 Å². The molecule has 9 heavy (non-hydrogen) atoms. The number of carbonyl (C=O) groups excluding carboxylic acids is 1. The summed E-state index contributed by atoms with van der Waals surface area (Å²) in [6.07, 6.45) is 2.75. The third kappa shape index (κ3) is 1.11. The molecule has 0 aromatic rings. The molecule has 1 saturated carbocycles. The number of carbonyl (C=O) groups is 1. The van der Waals surface area contributed by atoms with E-state index in [1.54, 1.807) is 0 Å². The number of alkyl halides is 1. The van der Waals surface area contributed by atoms with Gasteiger partial charge in [0.05, 0.1) is 0 Å². The second-order valence-electron chi connectivity index (χ2n) is 2.97. The molecule has 0 aromatic heterocycles. The summed E-state index contributed by atoms with van der Waals surface area (Å²) in [5.74, 6) is 0.837. The molecule has 1 atom stereocenters. The summed E-state index contributed by atoms with van der Waals surface area (Å²) in [6, 6.07) is 0. The number of Topliss-reactive ketones (excluding diaryl/α,β-unsaturated/α-hetero) is 1. The molecule has 0 aliphatic heterocycles. The van der Waals surface area contributed by atoms with Crippen LogP contribution in [0.5, 0.6) is 0 Å². The smallest absolute Gasteiger partial charge is 0.139 e. The molecule has 1 nitrogen and oxygen atoms in total. The maximum atomic E-state index is 11.0. The lowest BCUT2D eigenvalue weighted by Gasteiger charge is -2.16. The molecule has 0 amide bonds. The van der Waals surface area contributed by atoms with E-state index in [-0.39, 0.29) is 5.41 Å². The highest BCUT2D eigenvalue weighted by Gasteiger charge is 2.35. The zero-order chi connectivity index (χ0) is 6.91. The first-order valence-electron chi connectivity index (χ1n) is 3.28. The third-order valence-electron chi connectivity index (χ3n) is 2.10. The summed E-state index contributed by atoms with van der Waals surface area (Å²) in [4.78, 5) is 11.0. The summed E-state index contributed by atoms with van der Waals surface area (Å²) in [7, 11) is 0. The molecule has 0 N–H and O–H groups in total. The largest absolute Gasteiger partial charge is 0.299 e. The first kappa shape index (κ1) is 7.07. The van der Waals surface area contributed by atoms with Gasteiger partial charge in [-0.25, -0.2) is 0 Å². The van der Waals surface area contributed by atoms with E-state index in [4.69, 9.17) is 11.6 Å². The van der Waals surface area contributed by atoms with Crippen LogP contribution in [0.25, 0.3) is 0 Å². The molecule has 0 aromatic carbocycles. The van der Waals surface area contributed by atoms with Crippen molar-refractivity contribution in [3.8, 4) is 0 Å². The van der Waals surface area contributed by atoms with E-state index in [1.807, 2.05) is 6.92 Å². The van der Waals surface area contributed by atoms with Crippen molar-refractivity contribution < 1.29 is 4.79 Å².